The van der Waals surface area contributed by atoms with Crippen LogP contribution in [0.3, 0.4) is 0 Å². The summed E-state index contributed by atoms with van der Waals surface area (Å²) in [6.45, 7) is 0.506. The number of ether oxygens (including phenoxy) is 1. The zero-order chi connectivity index (χ0) is 36.8. The Labute approximate surface area is 314 Å². The molecule has 7 rings (SSSR count). The van der Waals surface area contributed by atoms with E-state index < -0.39 is 16.0 Å². The van der Waals surface area contributed by atoms with Crippen molar-refractivity contribution in [2.45, 2.75) is 25.3 Å². The van der Waals surface area contributed by atoms with Gasteiger partial charge in [0.15, 0.2) is 0 Å². The summed E-state index contributed by atoms with van der Waals surface area (Å²) in [5.41, 5.74) is 6.32. The number of carboxylic acids is 1. The molecule has 0 unspecified atom stereocenters. The molecule has 0 aliphatic heterocycles. The summed E-state index contributed by atoms with van der Waals surface area (Å²) in [7, 11) is -3.62. The van der Waals surface area contributed by atoms with E-state index >= 15 is 0 Å². The molecule has 0 bridgehead atoms. The number of aryl methyl sites for hydroxylation is 1. The van der Waals surface area contributed by atoms with Crippen LogP contribution in [0.4, 0.5) is 0 Å². The van der Waals surface area contributed by atoms with E-state index in [4.69, 9.17) is 16.3 Å². The van der Waals surface area contributed by atoms with Gasteiger partial charge in [-0.3, -0.25) is 0 Å². The van der Waals surface area contributed by atoms with Crippen LogP contribution < -0.4 is 9.46 Å². The molecule has 6 aromatic carbocycles. The second-order valence-electron chi connectivity index (χ2n) is 13.0. The highest BCUT2D eigenvalue weighted by Gasteiger charge is 2.26. The van der Waals surface area contributed by atoms with Crippen LogP contribution >= 0.6 is 11.6 Å². The van der Waals surface area contributed by atoms with Crippen molar-refractivity contribution in [1.29, 1.82) is 0 Å². The maximum absolute atomic E-state index is 13.5. The van der Waals surface area contributed by atoms with E-state index in [1.807, 2.05) is 97.1 Å². The monoisotopic (exact) mass is 742 g/mol. The molecule has 0 saturated heterocycles. The standard InChI is InChI=1S/C44H39ClN2O5S/c45-36-20-23-41-40(30-36)39(25-28-52-37-21-18-35(19-22-37)44(48)49)42(47(41)43(33-11-3-1-4-12-33)34-13-5-2-6-14-34)24-27-46-53(50,51)29-26-32-16-9-15-31-10-7-8-17-38(31)32/h1-23,30,43,46H,24-29H2,(H,48,49). The smallest absolute Gasteiger partial charge is 0.335 e. The molecule has 9 heteroatoms. The zero-order valence-corrected chi connectivity index (χ0v) is 30.6. The van der Waals surface area contributed by atoms with Crippen molar-refractivity contribution in [3.05, 3.63) is 184 Å². The SMILES string of the molecule is O=C(O)c1ccc(OCCc2c(CCNS(=O)(=O)CCc3cccc4ccccc34)n(C(c3ccccc3)c3ccccc3)c3ccc(Cl)cc23)cc1. The third kappa shape index (κ3) is 8.31. The van der Waals surface area contributed by atoms with Gasteiger partial charge in [0.05, 0.1) is 24.0 Å². The number of hydrogen-bond donors (Lipinski definition) is 2. The van der Waals surface area contributed by atoms with Crippen molar-refractivity contribution < 1.29 is 23.1 Å². The first-order valence-electron chi connectivity index (χ1n) is 17.6. The molecule has 2 N–H and O–H groups in total. The number of benzene rings is 6. The second kappa shape index (κ2) is 16.1. The molecule has 0 fully saturated rings. The molecule has 7 aromatic rings. The third-order valence-electron chi connectivity index (χ3n) is 9.60. The highest BCUT2D eigenvalue weighted by molar-refractivity contribution is 7.89. The lowest BCUT2D eigenvalue weighted by molar-refractivity contribution is 0.0697. The molecule has 0 radical (unpaired) electrons. The minimum Gasteiger partial charge on any atom is -0.493 e. The van der Waals surface area contributed by atoms with Crippen LogP contribution in [-0.4, -0.2) is 43.0 Å². The predicted octanol–water partition coefficient (Wildman–Crippen LogP) is 9.11. The normalized spacial score (nSPS) is 11.7. The summed E-state index contributed by atoms with van der Waals surface area (Å²) >= 11 is 6.64. The summed E-state index contributed by atoms with van der Waals surface area (Å²) in [6, 6.07) is 46.6. The van der Waals surface area contributed by atoms with Crippen molar-refractivity contribution in [2.75, 3.05) is 18.9 Å². The Kier molecular flexibility index (Phi) is 10.9. The van der Waals surface area contributed by atoms with Crippen molar-refractivity contribution in [3.8, 4) is 5.75 Å². The number of sulfonamides is 1. The Morgan fingerprint density at radius 3 is 2.09 bits per heavy atom. The molecule has 0 saturated carbocycles. The van der Waals surface area contributed by atoms with Gasteiger partial charge in [-0.1, -0.05) is 115 Å². The molecular formula is C44H39ClN2O5S. The first-order valence-corrected chi connectivity index (χ1v) is 19.6. The fourth-order valence-corrected chi connectivity index (χ4v) is 8.35. The lowest BCUT2D eigenvalue weighted by atomic mass is 9.97. The Hall–Kier alpha value is -5.41. The van der Waals surface area contributed by atoms with E-state index in [9.17, 15) is 18.3 Å². The molecule has 1 aromatic heterocycles. The number of rotatable bonds is 15. The highest BCUT2D eigenvalue weighted by atomic mass is 35.5. The fraction of sp³-hybridized carbons (Fsp3) is 0.159. The summed E-state index contributed by atoms with van der Waals surface area (Å²) in [6.07, 6.45) is 1.32. The Balaban J connectivity index is 1.23. The minimum absolute atomic E-state index is 0.0301. The van der Waals surface area contributed by atoms with Gasteiger partial charge in [0, 0.05) is 41.0 Å². The first-order chi connectivity index (χ1) is 25.8. The number of aromatic carboxylic acids is 1. The number of carboxylic acid groups (broad SMARTS) is 1. The van der Waals surface area contributed by atoms with Crippen LogP contribution in [0, 0.1) is 0 Å². The number of halogens is 1. The van der Waals surface area contributed by atoms with Crippen LogP contribution in [0.5, 0.6) is 5.75 Å². The third-order valence-corrected chi connectivity index (χ3v) is 11.2. The van der Waals surface area contributed by atoms with Crippen LogP contribution in [0.25, 0.3) is 21.7 Å². The number of nitrogens with one attached hydrogen (secondary N) is 1. The zero-order valence-electron chi connectivity index (χ0n) is 29.0. The van der Waals surface area contributed by atoms with Gasteiger partial charge in [0.1, 0.15) is 5.75 Å². The van der Waals surface area contributed by atoms with Gasteiger partial charge in [-0.25, -0.2) is 17.9 Å². The summed E-state index contributed by atoms with van der Waals surface area (Å²) in [5.74, 6) is -0.470. The number of fused-ring (bicyclic) bond motifs is 2. The van der Waals surface area contributed by atoms with Gasteiger partial charge in [0.25, 0.3) is 0 Å². The van der Waals surface area contributed by atoms with Crippen molar-refractivity contribution in [1.82, 2.24) is 9.29 Å². The minimum atomic E-state index is -3.62. The fourth-order valence-electron chi connectivity index (χ4n) is 7.13. The quantitative estimate of drug-likeness (QED) is 0.109. The molecule has 1 heterocycles. The van der Waals surface area contributed by atoms with Crippen molar-refractivity contribution >= 4 is 49.3 Å². The topological polar surface area (TPSA) is 97.6 Å². The van der Waals surface area contributed by atoms with Gasteiger partial charge in [0.2, 0.25) is 10.0 Å². The predicted molar refractivity (Wildman–Crippen MR) is 213 cm³/mol. The Morgan fingerprint density at radius 1 is 0.736 bits per heavy atom. The first kappa shape index (κ1) is 36.0. The number of aromatic nitrogens is 1. The second-order valence-corrected chi connectivity index (χ2v) is 15.3. The molecule has 0 aliphatic carbocycles. The van der Waals surface area contributed by atoms with Gasteiger partial charge in [-0.15, -0.1) is 0 Å². The summed E-state index contributed by atoms with van der Waals surface area (Å²) in [5, 5.41) is 13.0. The molecular weight excluding hydrogens is 704 g/mol. The van der Waals surface area contributed by atoms with Gasteiger partial charge >= 0.3 is 5.97 Å². The van der Waals surface area contributed by atoms with E-state index in [0.29, 0.717) is 36.6 Å². The molecule has 7 nitrogen and oxygen atoms in total. The van der Waals surface area contributed by atoms with Crippen molar-refractivity contribution in [2.24, 2.45) is 0 Å². The maximum atomic E-state index is 13.5. The highest BCUT2D eigenvalue weighted by Crippen LogP contribution is 2.38. The van der Waals surface area contributed by atoms with Crippen LogP contribution in [-0.2, 0) is 29.3 Å². The molecule has 0 amide bonds. The van der Waals surface area contributed by atoms with Crippen LogP contribution in [0.15, 0.2) is 146 Å². The molecule has 0 spiro atoms. The summed E-state index contributed by atoms with van der Waals surface area (Å²) < 4.78 is 38.3. The largest absolute Gasteiger partial charge is 0.493 e. The van der Waals surface area contributed by atoms with E-state index in [-0.39, 0.29) is 23.9 Å². The van der Waals surface area contributed by atoms with Gasteiger partial charge < -0.3 is 14.4 Å². The molecule has 53 heavy (non-hydrogen) atoms. The van der Waals surface area contributed by atoms with Gasteiger partial charge in [-0.05, 0) is 81.9 Å². The van der Waals surface area contributed by atoms with E-state index in [0.717, 1.165) is 49.6 Å². The van der Waals surface area contributed by atoms with Crippen molar-refractivity contribution in [3.63, 3.8) is 0 Å². The number of carbonyl (C=O) groups is 1. The Bertz CT molecular complexity index is 2420. The van der Waals surface area contributed by atoms with Crippen LogP contribution in [0.1, 0.15) is 44.3 Å². The average Bonchev–Trinajstić information content (AvgIpc) is 3.46. The maximum Gasteiger partial charge on any atom is 0.335 e. The number of nitrogens with zero attached hydrogens (tertiary/aromatic N) is 1. The molecule has 0 aliphatic rings. The van der Waals surface area contributed by atoms with Crippen LogP contribution in [0.2, 0.25) is 5.02 Å². The average molecular weight is 743 g/mol. The van der Waals surface area contributed by atoms with E-state index in [1.165, 1.54) is 12.1 Å². The lowest BCUT2D eigenvalue weighted by Gasteiger charge is -2.25. The van der Waals surface area contributed by atoms with E-state index in [2.05, 4.69) is 33.6 Å². The van der Waals surface area contributed by atoms with Gasteiger partial charge in [-0.2, -0.15) is 0 Å². The molecule has 0 atom stereocenters. The Morgan fingerprint density at radius 2 is 1.40 bits per heavy atom. The lowest BCUT2D eigenvalue weighted by Crippen LogP contribution is -2.30. The number of hydrogen-bond acceptors (Lipinski definition) is 4. The molecule has 268 valence electrons. The van der Waals surface area contributed by atoms with E-state index in [1.54, 1.807) is 12.1 Å². The summed E-state index contributed by atoms with van der Waals surface area (Å²) in [4.78, 5) is 11.4.